The average Bonchev–Trinajstić information content (AvgIpc) is 2.90. The number of carbonyl (C=O) groups is 1. The predicted molar refractivity (Wildman–Crippen MR) is 78.1 cm³/mol. The van der Waals surface area contributed by atoms with Crippen LogP contribution in [0.1, 0.15) is 28.9 Å². The van der Waals surface area contributed by atoms with Crippen LogP contribution in [0.3, 0.4) is 0 Å². The molecule has 0 radical (unpaired) electrons. The molecule has 2 aromatic rings. The second kappa shape index (κ2) is 5.51. The molecule has 3 N–H and O–H groups in total. The fraction of sp³-hybridized carbons (Fsp3) is 0.429. The van der Waals surface area contributed by atoms with Crippen molar-refractivity contribution in [3.63, 3.8) is 0 Å². The van der Waals surface area contributed by atoms with E-state index in [1.807, 2.05) is 26.1 Å². The van der Waals surface area contributed by atoms with Crippen LogP contribution in [0, 0.1) is 13.8 Å². The normalized spacial score (nSPS) is 17.1. The zero-order valence-corrected chi connectivity index (χ0v) is 12.1. The summed E-state index contributed by atoms with van der Waals surface area (Å²) >= 11 is 0. The molecular formula is C14H18N6O. The lowest BCUT2D eigenvalue weighted by Crippen LogP contribution is -2.41. The topological polar surface area (TPSA) is 95.6 Å². The van der Waals surface area contributed by atoms with Crippen molar-refractivity contribution < 1.29 is 4.79 Å². The number of nitrogens with zero attached hydrogens (tertiary/aromatic N) is 3. The zero-order valence-electron chi connectivity index (χ0n) is 12.1. The highest BCUT2D eigenvalue weighted by Crippen LogP contribution is 2.18. The summed E-state index contributed by atoms with van der Waals surface area (Å²) in [4.78, 5) is 12.0. The summed E-state index contributed by atoms with van der Waals surface area (Å²) < 4.78 is 0. The molecule has 2 aromatic heterocycles. The Bertz CT molecular complexity index is 665. The van der Waals surface area contributed by atoms with E-state index in [0.717, 1.165) is 30.5 Å². The number of amides is 2. The van der Waals surface area contributed by atoms with Crippen LogP contribution in [0.25, 0.3) is 0 Å². The van der Waals surface area contributed by atoms with E-state index in [4.69, 9.17) is 0 Å². The lowest BCUT2D eigenvalue weighted by molar-refractivity contribution is 0.247. The molecule has 110 valence electrons. The number of fused-ring (bicyclic) bond motifs is 1. The molecule has 7 nitrogen and oxygen atoms in total. The smallest absolute Gasteiger partial charge is 0.320 e. The van der Waals surface area contributed by atoms with E-state index in [-0.39, 0.29) is 12.1 Å². The zero-order chi connectivity index (χ0) is 14.8. The van der Waals surface area contributed by atoms with Gasteiger partial charge in [-0.3, -0.25) is 10.4 Å². The molecule has 0 bridgehead atoms. The fourth-order valence-corrected chi connectivity index (χ4v) is 2.48. The van der Waals surface area contributed by atoms with E-state index in [1.54, 1.807) is 0 Å². The van der Waals surface area contributed by atoms with E-state index in [2.05, 4.69) is 31.0 Å². The lowest BCUT2D eigenvalue weighted by atomic mass is 9.94. The number of rotatable bonds is 2. The second-order valence-electron chi connectivity index (χ2n) is 5.41. The van der Waals surface area contributed by atoms with Crippen molar-refractivity contribution >= 4 is 11.8 Å². The molecule has 0 spiro atoms. The van der Waals surface area contributed by atoms with Crippen LogP contribution < -0.4 is 10.6 Å². The van der Waals surface area contributed by atoms with Crippen LogP contribution in [-0.2, 0) is 12.8 Å². The highest BCUT2D eigenvalue weighted by molar-refractivity contribution is 5.88. The molecule has 0 aliphatic heterocycles. The quantitative estimate of drug-likeness (QED) is 0.779. The minimum absolute atomic E-state index is 0.120. The van der Waals surface area contributed by atoms with E-state index >= 15 is 0 Å². The van der Waals surface area contributed by atoms with E-state index < -0.39 is 0 Å². The number of hydrogen-bond donors (Lipinski definition) is 3. The van der Waals surface area contributed by atoms with E-state index in [0.29, 0.717) is 5.82 Å². The molecule has 0 saturated heterocycles. The molecule has 21 heavy (non-hydrogen) atoms. The monoisotopic (exact) mass is 286 g/mol. The summed E-state index contributed by atoms with van der Waals surface area (Å²) in [5, 5.41) is 20.7. The molecule has 0 saturated carbocycles. The number of urea groups is 1. The number of aromatic amines is 1. The summed E-state index contributed by atoms with van der Waals surface area (Å²) in [6, 6.07) is 1.69. The van der Waals surface area contributed by atoms with E-state index in [1.165, 1.54) is 11.3 Å². The third-order valence-corrected chi connectivity index (χ3v) is 3.83. The first-order chi connectivity index (χ1) is 10.1. The van der Waals surface area contributed by atoms with Crippen molar-refractivity contribution in [1.82, 2.24) is 25.7 Å². The number of anilines is 1. The van der Waals surface area contributed by atoms with Crippen LogP contribution >= 0.6 is 0 Å². The van der Waals surface area contributed by atoms with Crippen molar-refractivity contribution in [3.05, 3.63) is 34.8 Å². The molecular weight excluding hydrogens is 268 g/mol. The minimum atomic E-state index is -0.246. The standard InChI is InChI=1S/C14H18N6O/c1-8-5-13(20-18-9(8)2)17-14(21)16-11-3-4-12-10(6-11)7-15-19-12/h5,7,11H,3-4,6H2,1-2H3,(H,15,19)(H2,16,17,20,21)/t11-/m1/s1. The number of aromatic nitrogens is 4. The number of hydrogen-bond acceptors (Lipinski definition) is 4. The molecule has 2 amide bonds. The van der Waals surface area contributed by atoms with Gasteiger partial charge in [0.25, 0.3) is 0 Å². The molecule has 1 atom stereocenters. The molecule has 0 unspecified atom stereocenters. The molecule has 7 heteroatoms. The minimum Gasteiger partial charge on any atom is -0.335 e. The third-order valence-electron chi connectivity index (χ3n) is 3.83. The number of nitrogens with one attached hydrogen (secondary N) is 3. The van der Waals surface area contributed by atoms with Crippen molar-refractivity contribution in [2.45, 2.75) is 39.2 Å². The number of carbonyl (C=O) groups excluding carboxylic acids is 1. The van der Waals surface area contributed by atoms with Gasteiger partial charge >= 0.3 is 6.03 Å². The molecule has 3 rings (SSSR count). The Morgan fingerprint density at radius 2 is 2.24 bits per heavy atom. The Kier molecular flexibility index (Phi) is 3.55. The molecule has 0 fully saturated rings. The molecule has 0 aromatic carbocycles. The second-order valence-corrected chi connectivity index (χ2v) is 5.41. The average molecular weight is 286 g/mol. The largest absolute Gasteiger partial charge is 0.335 e. The first-order valence-electron chi connectivity index (χ1n) is 7.01. The first kappa shape index (κ1) is 13.5. The van der Waals surface area contributed by atoms with Crippen molar-refractivity contribution in [2.75, 3.05) is 5.32 Å². The SMILES string of the molecule is Cc1cc(NC(=O)N[C@@H]2CCc3[nH]ncc3C2)nnc1C. The highest BCUT2D eigenvalue weighted by Gasteiger charge is 2.21. The van der Waals surface area contributed by atoms with Crippen LogP contribution in [0.4, 0.5) is 10.6 Å². The van der Waals surface area contributed by atoms with Gasteiger partial charge in [0.15, 0.2) is 5.82 Å². The lowest BCUT2D eigenvalue weighted by Gasteiger charge is -2.22. The van der Waals surface area contributed by atoms with Gasteiger partial charge in [-0.25, -0.2) is 4.79 Å². The third kappa shape index (κ3) is 3.01. The van der Waals surface area contributed by atoms with Gasteiger partial charge in [0.1, 0.15) is 0 Å². The number of H-pyrrole nitrogens is 1. The number of aryl methyl sites for hydroxylation is 3. The van der Waals surface area contributed by atoms with Crippen molar-refractivity contribution in [3.8, 4) is 0 Å². The Labute approximate surface area is 122 Å². The van der Waals surface area contributed by atoms with E-state index in [9.17, 15) is 4.79 Å². The van der Waals surface area contributed by atoms with Gasteiger partial charge in [-0.05, 0) is 50.3 Å². The van der Waals surface area contributed by atoms with Gasteiger partial charge in [-0.15, -0.1) is 5.10 Å². The predicted octanol–water partition coefficient (Wildman–Crippen LogP) is 1.50. The fourth-order valence-electron chi connectivity index (χ4n) is 2.48. The van der Waals surface area contributed by atoms with Crippen LogP contribution in [0.5, 0.6) is 0 Å². The van der Waals surface area contributed by atoms with Crippen molar-refractivity contribution in [1.29, 1.82) is 0 Å². The van der Waals surface area contributed by atoms with Gasteiger partial charge in [0.05, 0.1) is 11.9 Å². The Balaban J connectivity index is 1.58. The highest BCUT2D eigenvalue weighted by atomic mass is 16.2. The maximum Gasteiger partial charge on any atom is 0.320 e. The molecule has 2 heterocycles. The summed E-state index contributed by atoms with van der Waals surface area (Å²) in [6.45, 7) is 3.82. The molecule has 1 aliphatic rings. The summed E-state index contributed by atoms with van der Waals surface area (Å²) in [5.41, 5.74) is 4.22. The first-order valence-corrected chi connectivity index (χ1v) is 7.01. The van der Waals surface area contributed by atoms with Crippen molar-refractivity contribution in [2.24, 2.45) is 0 Å². The summed E-state index contributed by atoms with van der Waals surface area (Å²) in [5.74, 6) is 0.468. The van der Waals surface area contributed by atoms with Gasteiger partial charge in [0.2, 0.25) is 0 Å². The van der Waals surface area contributed by atoms with Crippen LogP contribution in [-0.4, -0.2) is 32.5 Å². The maximum atomic E-state index is 12.0. The Morgan fingerprint density at radius 3 is 3.05 bits per heavy atom. The van der Waals surface area contributed by atoms with Crippen LogP contribution in [0.15, 0.2) is 12.3 Å². The summed E-state index contributed by atoms with van der Waals surface area (Å²) in [7, 11) is 0. The van der Waals surface area contributed by atoms with Gasteiger partial charge < -0.3 is 5.32 Å². The van der Waals surface area contributed by atoms with Crippen LogP contribution in [0.2, 0.25) is 0 Å². The maximum absolute atomic E-state index is 12.0. The van der Waals surface area contributed by atoms with Gasteiger partial charge in [-0.1, -0.05) is 0 Å². The van der Waals surface area contributed by atoms with Gasteiger partial charge in [-0.2, -0.15) is 10.2 Å². The summed E-state index contributed by atoms with van der Waals surface area (Å²) in [6.07, 6.45) is 4.44. The Morgan fingerprint density at radius 1 is 1.38 bits per heavy atom. The molecule has 1 aliphatic carbocycles. The van der Waals surface area contributed by atoms with Gasteiger partial charge in [0, 0.05) is 11.7 Å². The Hall–Kier alpha value is -2.44.